The van der Waals surface area contributed by atoms with Crippen LogP contribution in [0.4, 0.5) is 13.2 Å². The first kappa shape index (κ1) is 16.1. The molecule has 0 aromatic heterocycles. The lowest BCUT2D eigenvalue weighted by molar-refractivity contribution is 0.492. The molecule has 1 nitrogen and oxygen atoms in total. The van der Waals surface area contributed by atoms with Crippen molar-refractivity contribution in [1.29, 1.82) is 0 Å². The van der Waals surface area contributed by atoms with E-state index in [2.05, 4.69) is 5.32 Å². The molecule has 0 fully saturated rings. The van der Waals surface area contributed by atoms with Crippen molar-refractivity contribution in [3.05, 3.63) is 69.0 Å². The number of nitrogens with one attached hydrogen (secondary N) is 1. The molecule has 0 saturated heterocycles. The van der Waals surface area contributed by atoms with Gasteiger partial charge in [-0.25, -0.2) is 13.2 Å². The third-order valence-corrected chi connectivity index (χ3v) is 3.59. The second kappa shape index (κ2) is 6.69. The van der Waals surface area contributed by atoms with Crippen molar-refractivity contribution < 1.29 is 13.2 Å². The fourth-order valence-corrected chi connectivity index (χ4v) is 2.54. The summed E-state index contributed by atoms with van der Waals surface area (Å²) in [4.78, 5) is 0. The molecule has 0 amide bonds. The van der Waals surface area contributed by atoms with Crippen molar-refractivity contribution in [3.63, 3.8) is 0 Å². The summed E-state index contributed by atoms with van der Waals surface area (Å²) in [7, 11) is 0. The fourth-order valence-electron chi connectivity index (χ4n) is 2.14. The highest BCUT2D eigenvalue weighted by Crippen LogP contribution is 2.33. The fraction of sp³-hybridized carbons (Fsp3) is 0.200. The molecule has 112 valence electrons. The van der Waals surface area contributed by atoms with E-state index in [-0.39, 0.29) is 5.56 Å². The van der Waals surface area contributed by atoms with Gasteiger partial charge in [0.2, 0.25) is 0 Å². The van der Waals surface area contributed by atoms with Gasteiger partial charge in [0.25, 0.3) is 0 Å². The van der Waals surface area contributed by atoms with Crippen molar-refractivity contribution in [2.45, 2.75) is 13.0 Å². The Bertz CT molecular complexity index is 638. The summed E-state index contributed by atoms with van der Waals surface area (Å²) in [6.07, 6.45) is 0. The molecule has 0 saturated carbocycles. The molecular weight excluding hydrogens is 322 g/mol. The molecule has 0 bridgehead atoms. The van der Waals surface area contributed by atoms with Crippen LogP contribution < -0.4 is 5.32 Å². The topological polar surface area (TPSA) is 12.0 Å². The van der Waals surface area contributed by atoms with E-state index in [0.29, 0.717) is 34.3 Å². The second-order valence-corrected chi connectivity index (χ2v) is 5.28. The van der Waals surface area contributed by atoms with Crippen LogP contribution in [0.15, 0.2) is 30.3 Å². The van der Waals surface area contributed by atoms with E-state index in [4.69, 9.17) is 23.2 Å². The normalized spacial score (nSPS) is 12.5. The number of hydrogen-bond donors (Lipinski definition) is 1. The smallest absolute Gasteiger partial charge is 0.134 e. The van der Waals surface area contributed by atoms with Gasteiger partial charge >= 0.3 is 0 Å². The summed E-state index contributed by atoms with van der Waals surface area (Å²) < 4.78 is 41.1. The summed E-state index contributed by atoms with van der Waals surface area (Å²) in [6.45, 7) is 2.22. The third-order valence-electron chi connectivity index (χ3n) is 3.01. The molecule has 0 aliphatic heterocycles. The largest absolute Gasteiger partial charge is 0.306 e. The van der Waals surface area contributed by atoms with E-state index < -0.39 is 23.5 Å². The SMILES string of the molecule is CCNC(c1cc(Cl)ccc1Cl)c1c(F)cc(F)cc1F. The van der Waals surface area contributed by atoms with Crippen LogP contribution in [0.2, 0.25) is 10.0 Å². The van der Waals surface area contributed by atoms with Gasteiger partial charge in [0.1, 0.15) is 17.5 Å². The molecule has 6 heteroatoms. The van der Waals surface area contributed by atoms with Crippen molar-refractivity contribution in [2.24, 2.45) is 0 Å². The summed E-state index contributed by atoms with van der Waals surface area (Å²) in [5, 5.41) is 3.64. The molecule has 1 atom stereocenters. The Hall–Kier alpha value is -1.23. The van der Waals surface area contributed by atoms with Crippen molar-refractivity contribution >= 4 is 23.2 Å². The van der Waals surface area contributed by atoms with Crippen LogP contribution in [-0.2, 0) is 0 Å². The van der Waals surface area contributed by atoms with Gasteiger partial charge in [-0.05, 0) is 30.3 Å². The zero-order chi connectivity index (χ0) is 15.6. The van der Waals surface area contributed by atoms with Gasteiger partial charge in [0.05, 0.1) is 6.04 Å². The van der Waals surface area contributed by atoms with Crippen LogP contribution in [0.3, 0.4) is 0 Å². The predicted octanol–water partition coefficient (Wildman–Crippen LogP) is 5.11. The maximum Gasteiger partial charge on any atom is 0.134 e. The molecule has 1 unspecified atom stereocenters. The van der Waals surface area contributed by atoms with E-state index in [1.165, 1.54) is 6.07 Å². The van der Waals surface area contributed by atoms with Gasteiger partial charge in [-0.15, -0.1) is 0 Å². The molecule has 0 aliphatic rings. The number of rotatable bonds is 4. The number of halogens is 5. The highest BCUT2D eigenvalue weighted by molar-refractivity contribution is 6.33. The minimum Gasteiger partial charge on any atom is -0.306 e. The van der Waals surface area contributed by atoms with E-state index in [1.807, 2.05) is 0 Å². The summed E-state index contributed by atoms with van der Waals surface area (Å²) in [5.41, 5.74) is 0.137. The van der Waals surface area contributed by atoms with Crippen molar-refractivity contribution in [2.75, 3.05) is 6.54 Å². The van der Waals surface area contributed by atoms with Gasteiger partial charge in [-0.1, -0.05) is 30.1 Å². The van der Waals surface area contributed by atoms with E-state index >= 15 is 0 Å². The monoisotopic (exact) mass is 333 g/mol. The third kappa shape index (κ3) is 3.51. The quantitative estimate of drug-likeness (QED) is 0.819. The minimum atomic E-state index is -0.977. The first-order valence-corrected chi connectivity index (χ1v) is 7.02. The molecule has 21 heavy (non-hydrogen) atoms. The lowest BCUT2D eigenvalue weighted by Gasteiger charge is -2.21. The maximum atomic E-state index is 14.0. The Morgan fingerprint density at radius 2 is 1.67 bits per heavy atom. The zero-order valence-electron chi connectivity index (χ0n) is 11.1. The molecular formula is C15H12Cl2F3N. The minimum absolute atomic E-state index is 0.289. The highest BCUT2D eigenvalue weighted by Gasteiger charge is 2.24. The van der Waals surface area contributed by atoms with E-state index in [0.717, 1.165) is 0 Å². The Balaban J connectivity index is 2.61. The Morgan fingerprint density at radius 3 is 2.24 bits per heavy atom. The van der Waals surface area contributed by atoms with Crippen LogP contribution >= 0.6 is 23.2 Å². The second-order valence-electron chi connectivity index (χ2n) is 4.44. The lowest BCUT2D eigenvalue weighted by atomic mass is 9.97. The first-order chi connectivity index (χ1) is 9.93. The molecule has 2 aromatic carbocycles. The van der Waals surface area contributed by atoms with Crippen LogP contribution in [0, 0.1) is 17.5 Å². The molecule has 0 heterocycles. The van der Waals surface area contributed by atoms with Crippen LogP contribution in [0.5, 0.6) is 0 Å². The zero-order valence-corrected chi connectivity index (χ0v) is 12.6. The summed E-state index contributed by atoms with van der Waals surface area (Å²) in [5.74, 6) is -2.93. The van der Waals surface area contributed by atoms with Crippen molar-refractivity contribution in [3.8, 4) is 0 Å². The predicted molar refractivity (Wildman–Crippen MR) is 78.3 cm³/mol. The van der Waals surface area contributed by atoms with Gasteiger partial charge in [-0.2, -0.15) is 0 Å². The van der Waals surface area contributed by atoms with Gasteiger partial charge in [-0.3, -0.25) is 0 Å². The van der Waals surface area contributed by atoms with E-state index in [9.17, 15) is 13.2 Å². The molecule has 0 spiro atoms. The van der Waals surface area contributed by atoms with Crippen LogP contribution in [0.1, 0.15) is 24.1 Å². The molecule has 2 rings (SSSR count). The van der Waals surface area contributed by atoms with Crippen LogP contribution in [-0.4, -0.2) is 6.54 Å². The average Bonchev–Trinajstić information content (AvgIpc) is 2.39. The standard InChI is InChI=1S/C15H12Cl2F3N/c1-2-21-15(10-5-8(16)3-4-11(10)17)14-12(19)6-9(18)7-13(14)20/h3-7,15,21H,2H2,1H3. The lowest BCUT2D eigenvalue weighted by Crippen LogP contribution is -2.24. The van der Waals surface area contributed by atoms with Gasteiger partial charge in [0, 0.05) is 27.7 Å². The number of hydrogen-bond acceptors (Lipinski definition) is 1. The van der Waals surface area contributed by atoms with Crippen molar-refractivity contribution in [1.82, 2.24) is 5.32 Å². The average molecular weight is 334 g/mol. The molecule has 1 N–H and O–H groups in total. The number of benzene rings is 2. The van der Waals surface area contributed by atoms with E-state index in [1.54, 1.807) is 19.1 Å². The van der Waals surface area contributed by atoms with Gasteiger partial charge in [0.15, 0.2) is 0 Å². The molecule has 2 aromatic rings. The van der Waals surface area contributed by atoms with Gasteiger partial charge < -0.3 is 5.32 Å². The highest BCUT2D eigenvalue weighted by atomic mass is 35.5. The summed E-state index contributed by atoms with van der Waals surface area (Å²) in [6, 6.07) is 5.07. The molecule has 0 aliphatic carbocycles. The maximum absolute atomic E-state index is 14.0. The molecule has 0 radical (unpaired) electrons. The Kier molecular flexibility index (Phi) is 5.14. The Labute approximate surface area is 130 Å². The summed E-state index contributed by atoms with van der Waals surface area (Å²) >= 11 is 12.0. The van der Waals surface area contributed by atoms with Crippen LogP contribution in [0.25, 0.3) is 0 Å². The first-order valence-electron chi connectivity index (χ1n) is 6.26. The Morgan fingerprint density at radius 1 is 1.05 bits per heavy atom.